The Morgan fingerprint density at radius 2 is 1.89 bits per heavy atom. The Bertz CT molecular complexity index is 837. The molecule has 1 saturated heterocycles. The molecular weight excluding hydrogens is 362 g/mol. The van der Waals surface area contributed by atoms with Gasteiger partial charge in [-0.3, -0.25) is 14.5 Å². The third-order valence-electron chi connectivity index (χ3n) is 4.06. The lowest BCUT2D eigenvalue weighted by atomic mass is 10.2. The SMILES string of the molecule is CCN1C(=O)[C@@H](CC(=O)Nc2ccccc2)SC1=Nc1ccc(OC)cc1. The fourth-order valence-corrected chi connectivity index (χ4v) is 3.91. The van der Waals surface area contributed by atoms with Crippen molar-refractivity contribution in [1.29, 1.82) is 0 Å². The Balaban J connectivity index is 1.70. The van der Waals surface area contributed by atoms with Crippen molar-refractivity contribution in [2.45, 2.75) is 18.6 Å². The summed E-state index contributed by atoms with van der Waals surface area (Å²) in [6.07, 6.45) is 0.108. The fourth-order valence-electron chi connectivity index (χ4n) is 2.69. The third-order valence-corrected chi connectivity index (χ3v) is 5.24. The van der Waals surface area contributed by atoms with Crippen LogP contribution in [0.15, 0.2) is 59.6 Å². The van der Waals surface area contributed by atoms with Gasteiger partial charge in [-0.15, -0.1) is 0 Å². The second-order valence-corrected chi connectivity index (χ2v) is 7.07. The molecule has 7 heteroatoms. The molecular formula is C20H21N3O3S. The number of thioether (sulfide) groups is 1. The van der Waals surface area contributed by atoms with E-state index in [1.165, 1.54) is 11.8 Å². The molecule has 0 spiro atoms. The maximum atomic E-state index is 12.6. The predicted octanol–water partition coefficient (Wildman–Crippen LogP) is 3.68. The van der Waals surface area contributed by atoms with Gasteiger partial charge in [0.2, 0.25) is 11.8 Å². The number of benzene rings is 2. The van der Waals surface area contributed by atoms with Crippen LogP contribution >= 0.6 is 11.8 Å². The first-order chi connectivity index (χ1) is 13.1. The number of para-hydroxylation sites is 1. The number of nitrogens with zero attached hydrogens (tertiary/aromatic N) is 2. The lowest BCUT2D eigenvalue weighted by molar-refractivity contribution is -0.128. The molecule has 6 nitrogen and oxygen atoms in total. The summed E-state index contributed by atoms with van der Waals surface area (Å²) in [4.78, 5) is 31.1. The van der Waals surface area contributed by atoms with Crippen LogP contribution in [0.1, 0.15) is 13.3 Å². The van der Waals surface area contributed by atoms with Crippen LogP contribution in [-0.4, -0.2) is 40.8 Å². The Morgan fingerprint density at radius 3 is 2.52 bits per heavy atom. The number of nitrogens with one attached hydrogen (secondary N) is 1. The molecule has 0 saturated carbocycles. The van der Waals surface area contributed by atoms with E-state index in [-0.39, 0.29) is 18.2 Å². The highest BCUT2D eigenvalue weighted by Gasteiger charge is 2.38. The second kappa shape index (κ2) is 8.73. The third kappa shape index (κ3) is 4.68. The molecule has 1 atom stereocenters. The highest BCUT2D eigenvalue weighted by molar-refractivity contribution is 8.15. The molecule has 1 N–H and O–H groups in total. The van der Waals surface area contributed by atoms with E-state index < -0.39 is 5.25 Å². The van der Waals surface area contributed by atoms with E-state index in [1.54, 1.807) is 12.0 Å². The van der Waals surface area contributed by atoms with Crippen molar-refractivity contribution in [3.8, 4) is 5.75 Å². The Kier molecular flexibility index (Phi) is 6.13. The summed E-state index contributed by atoms with van der Waals surface area (Å²) in [7, 11) is 1.61. The molecule has 0 aliphatic carbocycles. The molecule has 3 rings (SSSR count). The van der Waals surface area contributed by atoms with E-state index in [0.29, 0.717) is 11.7 Å². The van der Waals surface area contributed by atoms with Crippen LogP contribution in [0.4, 0.5) is 11.4 Å². The molecule has 27 heavy (non-hydrogen) atoms. The van der Waals surface area contributed by atoms with Crippen LogP contribution in [0.5, 0.6) is 5.75 Å². The molecule has 0 aromatic heterocycles. The van der Waals surface area contributed by atoms with Crippen molar-refractivity contribution in [2.24, 2.45) is 4.99 Å². The number of methoxy groups -OCH3 is 1. The lowest BCUT2D eigenvalue weighted by Gasteiger charge is -2.13. The van der Waals surface area contributed by atoms with Gasteiger partial charge >= 0.3 is 0 Å². The number of anilines is 1. The summed E-state index contributed by atoms with van der Waals surface area (Å²) in [5, 5.41) is 2.97. The van der Waals surface area contributed by atoms with Crippen molar-refractivity contribution in [1.82, 2.24) is 4.90 Å². The van der Waals surface area contributed by atoms with Crippen LogP contribution in [0.25, 0.3) is 0 Å². The lowest BCUT2D eigenvalue weighted by Crippen LogP contribution is -2.33. The number of amides is 2. The number of carbonyl (C=O) groups excluding carboxylic acids is 2. The molecule has 0 bridgehead atoms. The predicted molar refractivity (Wildman–Crippen MR) is 109 cm³/mol. The Morgan fingerprint density at radius 1 is 1.19 bits per heavy atom. The number of ether oxygens (including phenoxy) is 1. The van der Waals surface area contributed by atoms with E-state index >= 15 is 0 Å². The zero-order chi connectivity index (χ0) is 19.2. The van der Waals surface area contributed by atoms with Crippen molar-refractivity contribution in [2.75, 3.05) is 19.0 Å². The van der Waals surface area contributed by atoms with Crippen molar-refractivity contribution < 1.29 is 14.3 Å². The molecule has 140 valence electrons. The van der Waals surface area contributed by atoms with Crippen LogP contribution in [0.2, 0.25) is 0 Å². The quantitative estimate of drug-likeness (QED) is 0.826. The molecule has 0 unspecified atom stereocenters. The Hall–Kier alpha value is -2.80. The van der Waals surface area contributed by atoms with Gasteiger partial charge in [-0.25, -0.2) is 4.99 Å². The fraction of sp³-hybridized carbons (Fsp3) is 0.250. The highest BCUT2D eigenvalue weighted by atomic mass is 32.2. The minimum Gasteiger partial charge on any atom is -0.497 e. The number of amidine groups is 1. The maximum absolute atomic E-state index is 12.6. The van der Waals surface area contributed by atoms with Crippen molar-refractivity contribution >= 4 is 40.1 Å². The molecule has 1 heterocycles. The summed E-state index contributed by atoms with van der Waals surface area (Å²) in [5.74, 6) is 0.476. The van der Waals surface area contributed by atoms with Gasteiger partial charge in [0, 0.05) is 18.7 Å². The molecule has 2 amide bonds. The number of hydrogen-bond donors (Lipinski definition) is 1. The summed E-state index contributed by atoms with van der Waals surface area (Å²) in [6.45, 7) is 2.41. The monoisotopic (exact) mass is 383 g/mol. The van der Waals surface area contributed by atoms with Crippen molar-refractivity contribution in [3.05, 3.63) is 54.6 Å². The number of rotatable bonds is 6. The normalized spacial score (nSPS) is 18.0. The minimum atomic E-state index is -0.467. The van der Waals surface area contributed by atoms with Crippen LogP contribution < -0.4 is 10.1 Å². The smallest absolute Gasteiger partial charge is 0.242 e. The average Bonchev–Trinajstić information content (AvgIpc) is 2.97. The largest absolute Gasteiger partial charge is 0.497 e. The number of carbonyl (C=O) groups is 2. The standard InChI is InChI=1S/C20H21N3O3S/c1-3-23-19(25)17(13-18(24)21-14-7-5-4-6-8-14)27-20(23)22-15-9-11-16(26-2)12-10-15/h4-12,17H,3,13H2,1-2H3,(H,21,24)/t17-/m1/s1. The molecule has 1 aliphatic rings. The Labute approximate surface area is 162 Å². The van der Waals surface area contributed by atoms with Gasteiger partial charge in [0.05, 0.1) is 12.8 Å². The van der Waals surface area contributed by atoms with E-state index in [1.807, 2.05) is 61.5 Å². The van der Waals surface area contributed by atoms with Gasteiger partial charge in [0.25, 0.3) is 0 Å². The molecule has 1 aliphatic heterocycles. The van der Waals surface area contributed by atoms with Crippen LogP contribution in [0, 0.1) is 0 Å². The van der Waals surface area contributed by atoms with Crippen LogP contribution in [0.3, 0.4) is 0 Å². The van der Waals surface area contributed by atoms with Gasteiger partial charge in [0.1, 0.15) is 11.0 Å². The van der Waals surface area contributed by atoms with Gasteiger partial charge < -0.3 is 10.1 Å². The first-order valence-corrected chi connectivity index (χ1v) is 9.54. The molecule has 2 aromatic carbocycles. The molecule has 1 fully saturated rings. The number of aliphatic imine (C=N–C) groups is 1. The minimum absolute atomic E-state index is 0.0852. The van der Waals surface area contributed by atoms with E-state index in [9.17, 15) is 9.59 Å². The van der Waals surface area contributed by atoms with Gasteiger partial charge in [-0.2, -0.15) is 0 Å². The first kappa shape index (κ1) is 19.0. The molecule has 0 radical (unpaired) electrons. The summed E-state index contributed by atoms with van der Waals surface area (Å²) < 4.78 is 5.15. The second-order valence-electron chi connectivity index (χ2n) is 5.90. The topological polar surface area (TPSA) is 71.0 Å². The zero-order valence-corrected chi connectivity index (χ0v) is 16.0. The first-order valence-electron chi connectivity index (χ1n) is 8.66. The summed E-state index contributed by atoms with van der Waals surface area (Å²) in [6, 6.07) is 16.5. The van der Waals surface area contributed by atoms with E-state index in [4.69, 9.17) is 4.74 Å². The van der Waals surface area contributed by atoms with Gasteiger partial charge in [-0.05, 0) is 43.3 Å². The van der Waals surface area contributed by atoms with Gasteiger partial charge in [0.15, 0.2) is 5.17 Å². The number of hydrogen-bond acceptors (Lipinski definition) is 5. The van der Waals surface area contributed by atoms with Crippen LogP contribution in [-0.2, 0) is 9.59 Å². The average molecular weight is 383 g/mol. The van der Waals surface area contributed by atoms with E-state index in [0.717, 1.165) is 17.1 Å². The molecule has 2 aromatic rings. The van der Waals surface area contributed by atoms with Gasteiger partial charge in [-0.1, -0.05) is 30.0 Å². The zero-order valence-electron chi connectivity index (χ0n) is 15.2. The maximum Gasteiger partial charge on any atom is 0.242 e. The van der Waals surface area contributed by atoms with Crippen molar-refractivity contribution in [3.63, 3.8) is 0 Å². The van der Waals surface area contributed by atoms with E-state index in [2.05, 4.69) is 10.3 Å². The highest BCUT2D eigenvalue weighted by Crippen LogP contribution is 2.32. The summed E-state index contributed by atoms with van der Waals surface area (Å²) >= 11 is 1.33. The summed E-state index contributed by atoms with van der Waals surface area (Å²) in [5.41, 5.74) is 1.45.